The molecule has 0 aliphatic heterocycles. The highest BCUT2D eigenvalue weighted by Crippen LogP contribution is 2.23. The molecule has 0 spiro atoms. The van der Waals surface area contributed by atoms with Crippen LogP contribution in [-0.2, 0) is 27.9 Å². The minimum absolute atomic E-state index is 0.121. The smallest absolute Gasteiger partial charge is 0.338 e. The fourth-order valence-electron chi connectivity index (χ4n) is 3.05. The highest BCUT2D eigenvalue weighted by atomic mass is 32.2. The summed E-state index contributed by atoms with van der Waals surface area (Å²) in [5, 5.41) is 10.7. The zero-order chi connectivity index (χ0) is 22.8. The number of imidazole rings is 1. The molecule has 0 aliphatic carbocycles. The van der Waals surface area contributed by atoms with E-state index < -0.39 is 20.9 Å². The van der Waals surface area contributed by atoms with E-state index in [4.69, 9.17) is 4.74 Å². The van der Waals surface area contributed by atoms with Crippen LogP contribution in [0.2, 0.25) is 0 Å². The predicted molar refractivity (Wildman–Crippen MR) is 113 cm³/mol. The second-order valence-electron chi connectivity index (χ2n) is 7.00. The van der Waals surface area contributed by atoms with Crippen molar-refractivity contribution in [1.82, 2.24) is 13.9 Å². The van der Waals surface area contributed by atoms with Gasteiger partial charge in [0, 0.05) is 32.8 Å². The van der Waals surface area contributed by atoms with Crippen molar-refractivity contribution in [2.75, 3.05) is 14.1 Å². The van der Waals surface area contributed by atoms with Crippen molar-refractivity contribution in [2.24, 2.45) is 0 Å². The van der Waals surface area contributed by atoms with Crippen molar-refractivity contribution in [3.8, 4) is 0 Å². The topological polar surface area (TPSA) is 125 Å². The van der Waals surface area contributed by atoms with Gasteiger partial charge in [-0.15, -0.1) is 0 Å². The summed E-state index contributed by atoms with van der Waals surface area (Å²) in [6, 6.07) is 9.83. The number of nitrogens with zero attached hydrogens (tertiary/aromatic N) is 4. The van der Waals surface area contributed by atoms with Crippen LogP contribution in [0.15, 0.2) is 47.4 Å². The highest BCUT2D eigenvalue weighted by Gasteiger charge is 2.20. The molecule has 0 N–H and O–H groups in total. The number of ether oxygens (including phenoxy) is 1. The molecule has 0 aliphatic rings. The monoisotopic (exact) mass is 446 g/mol. The van der Waals surface area contributed by atoms with Gasteiger partial charge in [-0.1, -0.05) is 6.92 Å². The molecular formula is C20H22N4O6S. The molecule has 0 bridgehead atoms. The number of hydrogen-bond donors (Lipinski definition) is 0. The standard InChI is InChI=1S/C20H22N4O6S/c1-4-11-23-18-10-9-16(31(28,29)22(2)3)12-17(18)21-19(23)13-30-20(25)14-5-7-15(8-6-14)24(26)27/h5-10,12H,4,11,13H2,1-3H3. The number of fused-ring (bicyclic) bond motifs is 1. The number of nitro benzene ring substituents is 1. The number of hydrogen-bond acceptors (Lipinski definition) is 7. The minimum Gasteiger partial charge on any atom is -0.454 e. The molecule has 0 unspecified atom stereocenters. The zero-order valence-corrected chi connectivity index (χ0v) is 18.1. The molecule has 0 fully saturated rings. The maximum absolute atomic E-state index is 12.4. The second-order valence-corrected chi connectivity index (χ2v) is 9.15. The van der Waals surface area contributed by atoms with Gasteiger partial charge in [0.15, 0.2) is 0 Å². The number of esters is 1. The first-order valence-corrected chi connectivity index (χ1v) is 10.9. The van der Waals surface area contributed by atoms with Gasteiger partial charge in [0.2, 0.25) is 10.0 Å². The van der Waals surface area contributed by atoms with Crippen molar-refractivity contribution < 1.29 is 22.9 Å². The largest absolute Gasteiger partial charge is 0.454 e. The number of rotatable bonds is 8. The van der Waals surface area contributed by atoms with Crippen LogP contribution in [0, 0.1) is 10.1 Å². The van der Waals surface area contributed by atoms with E-state index in [0.29, 0.717) is 17.9 Å². The summed E-state index contributed by atoms with van der Waals surface area (Å²) in [4.78, 5) is 27.1. The molecule has 0 saturated carbocycles. The summed E-state index contributed by atoms with van der Waals surface area (Å²) in [7, 11) is -0.692. The third-order valence-electron chi connectivity index (χ3n) is 4.67. The van der Waals surface area contributed by atoms with Crippen LogP contribution in [0.1, 0.15) is 29.5 Å². The van der Waals surface area contributed by atoms with Crippen molar-refractivity contribution >= 4 is 32.7 Å². The Labute approximate surface area is 179 Å². The maximum Gasteiger partial charge on any atom is 0.338 e. The van der Waals surface area contributed by atoms with Crippen molar-refractivity contribution in [3.05, 3.63) is 64.0 Å². The molecule has 0 radical (unpaired) electrons. The Morgan fingerprint density at radius 1 is 1.19 bits per heavy atom. The first-order chi connectivity index (χ1) is 14.6. The predicted octanol–water partition coefficient (Wildman–Crippen LogP) is 2.96. The SMILES string of the molecule is CCCn1c(COC(=O)c2ccc([N+](=O)[O-])cc2)nc2cc(S(=O)(=O)N(C)C)ccc21. The van der Waals surface area contributed by atoms with E-state index in [1.165, 1.54) is 50.5 Å². The van der Waals surface area contributed by atoms with E-state index in [-0.39, 0.29) is 22.8 Å². The number of aryl methyl sites for hydroxylation is 1. The van der Waals surface area contributed by atoms with Crippen LogP contribution < -0.4 is 0 Å². The first-order valence-electron chi connectivity index (χ1n) is 9.48. The molecule has 164 valence electrons. The molecule has 11 heteroatoms. The number of aromatic nitrogens is 2. The van der Waals surface area contributed by atoms with Gasteiger partial charge >= 0.3 is 5.97 Å². The summed E-state index contributed by atoms with van der Waals surface area (Å²) in [6.07, 6.45) is 0.798. The molecule has 1 heterocycles. The summed E-state index contributed by atoms with van der Waals surface area (Å²) < 4.78 is 33.2. The van der Waals surface area contributed by atoms with Gasteiger partial charge in [0.25, 0.3) is 5.69 Å². The van der Waals surface area contributed by atoms with Gasteiger partial charge in [-0.3, -0.25) is 10.1 Å². The van der Waals surface area contributed by atoms with Gasteiger partial charge in [-0.25, -0.2) is 22.5 Å². The molecule has 10 nitrogen and oxygen atoms in total. The van der Waals surface area contributed by atoms with Crippen LogP contribution >= 0.6 is 0 Å². The van der Waals surface area contributed by atoms with E-state index in [0.717, 1.165) is 16.2 Å². The van der Waals surface area contributed by atoms with Crippen LogP contribution in [0.4, 0.5) is 5.69 Å². The maximum atomic E-state index is 12.4. The van der Waals surface area contributed by atoms with E-state index in [1.807, 2.05) is 11.5 Å². The van der Waals surface area contributed by atoms with Crippen LogP contribution in [-0.4, -0.2) is 47.3 Å². The average Bonchev–Trinajstić information content (AvgIpc) is 3.09. The van der Waals surface area contributed by atoms with Gasteiger partial charge in [0.1, 0.15) is 12.4 Å². The zero-order valence-electron chi connectivity index (χ0n) is 17.3. The summed E-state index contributed by atoms with van der Waals surface area (Å²) in [6.45, 7) is 2.48. The second kappa shape index (κ2) is 8.82. The molecule has 0 atom stereocenters. The minimum atomic E-state index is -3.60. The summed E-state index contributed by atoms with van der Waals surface area (Å²) in [5.41, 5.74) is 1.28. The van der Waals surface area contributed by atoms with Crippen molar-refractivity contribution in [3.63, 3.8) is 0 Å². The number of carbonyl (C=O) groups is 1. The Bertz CT molecular complexity index is 1230. The Hall–Kier alpha value is -3.31. The summed E-state index contributed by atoms with van der Waals surface area (Å²) in [5.74, 6) is -0.160. The van der Waals surface area contributed by atoms with Crippen molar-refractivity contribution in [1.29, 1.82) is 0 Å². The van der Waals surface area contributed by atoms with Crippen LogP contribution in [0.5, 0.6) is 0 Å². The first kappa shape index (κ1) is 22.4. The van der Waals surface area contributed by atoms with Crippen LogP contribution in [0.25, 0.3) is 11.0 Å². The number of non-ortho nitro benzene ring substituents is 1. The van der Waals surface area contributed by atoms with Crippen LogP contribution in [0.3, 0.4) is 0 Å². The average molecular weight is 446 g/mol. The van der Waals surface area contributed by atoms with Gasteiger partial charge in [0.05, 0.1) is 26.4 Å². The van der Waals surface area contributed by atoms with E-state index in [1.54, 1.807) is 6.07 Å². The van der Waals surface area contributed by atoms with E-state index in [2.05, 4.69) is 4.98 Å². The Balaban J connectivity index is 1.87. The Kier molecular flexibility index (Phi) is 6.37. The lowest BCUT2D eigenvalue weighted by atomic mass is 10.2. The lowest BCUT2D eigenvalue weighted by Gasteiger charge is -2.11. The van der Waals surface area contributed by atoms with E-state index >= 15 is 0 Å². The molecule has 0 amide bonds. The Morgan fingerprint density at radius 3 is 2.45 bits per heavy atom. The normalized spacial score (nSPS) is 11.7. The third kappa shape index (κ3) is 4.57. The van der Waals surface area contributed by atoms with Gasteiger partial charge in [-0.05, 0) is 36.8 Å². The molecular weight excluding hydrogens is 424 g/mol. The molecule has 31 heavy (non-hydrogen) atoms. The van der Waals surface area contributed by atoms with Gasteiger partial charge in [-0.2, -0.15) is 0 Å². The molecule has 3 rings (SSSR count). The lowest BCUT2D eigenvalue weighted by Crippen LogP contribution is -2.22. The number of benzene rings is 2. The van der Waals surface area contributed by atoms with Gasteiger partial charge < -0.3 is 9.30 Å². The Morgan fingerprint density at radius 2 is 1.87 bits per heavy atom. The number of sulfonamides is 1. The number of nitro groups is 1. The molecule has 2 aromatic carbocycles. The quantitative estimate of drug-likeness (QED) is 0.296. The third-order valence-corrected chi connectivity index (χ3v) is 6.48. The number of carbonyl (C=O) groups excluding carboxylic acids is 1. The van der Waals surface area contributed by atoms with E-state index in [9.17, 15) is 23.3 Å². The highest BCUT2D eigenvalue weighted by molar-refractivity contribution is 7.89. The molecule has 0 saturated heterocycles. The lowest BCUT2D eigenvalue weighted by molar-refractivity contribution is -0.384. The molecule has 3 aromatic rings. The molecule has 1 aromatic heterocycles. The van der Waals surface area contributed by atoms with Crippen molar-refractivity contribution in [2.45, 2.75) is 31.4 Å². The fraction of sp³-hybridized carbons (Fsp3) is 0.300. The summed E-state index contributed by atoms with van der Waals surface area (Å²) >= 11 is 0. The fourth-order valence-corrected chi connectivity index (χ4v) is 3.97.